The molecule has 0 heterocycles. The molecule has 116 valence electrons. The van der Waals surface area contributed by atoms with Crippen molar-refractivity contribution in [2.75, 3.05) is 11.9 Å². The molecule has 0 aliphatic carbocycles. The smallest absolute Gasteiger partial charge is 0.313 e. The Hall–Kier alpha value is -3.13. The van der Waals surface area contributed by atoms with Gasteiger partial charge in [-0.15, -0.1) is 0 Å². The van der Waals surface area contributed by atoms with Crippen LogP contribution in [0.2, 0.25) is 0 Å². The average molecular weight is 307 g/mol. The van der Waals surface area contributed by atoms with Gasteiger partial charge in [-0.05, 0) is 30.5 Å². The molecule has 0 unspecified atom stereocenters. The highest BCUT2D eigenvalue weighted by atomic mass is 16.2. The molecule has 0 aliphatic rings. The zero-order valence-corrected chi connectivity index (χ0v) is 12.6. The summed E-state index contributed by atoms with van der Waals surface area (Å²) in [5.74, 6) is -1.47. The van der Waals surface area contributed by atoms with Crippen molar-refractivity contribution < 1.29 is 9.59 Å². The number of benzene rings is 2. The molecule has 0 saturated heterocycles. The number of carbonyl (C=O) groups is 2. The minimum Gasteiger partial charge on any atom is -0.348 e. The second-order valence-corrected chi connectivity index (χ2v) is 4.96. The molecule has 2 N–H and O–H groups in total. The Morgan fingerprint density at radius 3 is 2.39 bits per heavy atom. The number of nitrogens with zero attached hydrogens (tertiary/aromatic N) is 1. The first-order chi connectivity index (χ1) is 11.2. The van der Waals surface area contributed by atoms with E-state index in [9.17, 15) is 9.59 Å². The minimum absolute atomic E-state index is 0.317. The van der Waals surface area contributed by atoms with Crippen LogP contribution in [0, 0.1) is 11.3 Å². The van der Waals surface area contributed by atoms with Crippen LogP contribution >= 0.6 is 0 Å². The molecular weight excluding hydrogens is 290 g/mol. The molecule has 0 aromatic heterocycles. The molecule has 0 bridgehead atoms. The van der Waals surface area contributed by atoms with E-state index < -0.39 is 11.8 Å². The van der Waals surface area contributed by atoms with Gasteiger partial charge in [-0.2, -0.15) is 5.26 Å². The van der Waals surface area contributed by atoms with Crippen LogP contribution in [0.15, 0.2) is 54.6 Å². The lowest BCUT2D eigenvalue weighted by molar-refractivity contribution is -0.136. The molecule has 23 heavy (non-hydrogen) atoms. The standard InChI is InChI=1S/C18H17N3O2/c19-13-15-10-4-5-11-16(15)21-18(23)17(22)20-12-6-9-14-7-2-1-3-8-14/h1-5,7-8,10-11H,6,9,12H2,(H,20,22)(H,21,23). The monoisotopic (exact) mass is 307 g/mol. The number of nitriles is 1. The van der Waals surface area contributed by atoms with Crippen LogP contribution in [0.4, 0.5) is 5.69 Å². The van der Waals surface area contributed by atoms with Crippen LogP contribution in [-0.2, 0) is 16.0 Å². The fraction of sp³-hybridized carbons (Fsp3) is 0.167. The van der Waals surface area contributed by atoms with Crippen molar-refractivity contribution in [1.29, 1.82) is 5.26 Å². The van der Waals surface area contributed by atoms with Crippen molar-refractivity contribution in [2.45, 2.75) is 12.8 Å². The van der Waals surface area contributed by atoms with Gasteiger partial charge in [0, 0.05) is 6.54 Å². The van der Waals surface area contributed by atoms with Crippen LogP contribution in [0.5, 0.6) is 0 Å². The first-order valence-electron chi connectivity index (χ1n) is 7.33. The number of hydrogen-bond donors (Lipinski definition) is 2. The molecule has 0 fully saturated rings. The molecule has 2 aromatic carbocycles. The van der Waals surface area contributed by atoms with Crippen LogP contribution < -0.4 is 10.6 Å². The van der Waals surface area contributed by atoms with Gasteiger partial charge in [-0.3, -0.25) is 9.59 Å². The largest absolute Gasteiger partial charge is 0.348 e. The second-order valence-electron chi connectivity index (χ2n) is 4.96. The third-order valence-electron chi connectivity index (χ3n) is 3.27. The maximum Gasteiger partial charge on any atom is 0.313 e. The first-order valence-corrected chi connectivity index (χ1v) is 7.33. The normalized spacial score (nSPS) is 9.70. The number of anilines is 1. The van der Waals surface area contributed by atoms with Gasteiger partial charge in [-0.1, -0.05) is 42.5 Å². The van der Waals surface area contributed by atoms with Crippen LogP contribution in [0.25, 0.3) is 0 Å². The van der Waals surface area contributed by atoms with E-state index in [0.717, 1.165) is 12.8 Å². The summed E-state index contributed by atoms with van der Waals surface area (Å²) in [6.45, 7) is 0.418. The molecular formula is C18H17N3O2. The van der Waals surface area contributed by atoms with Gasteiger partial charge in [0.25, 0.3) is 0 Å². The zero-order valence-electron chi connectivity index (χ0n) is 12.6. The van der Waals surface area contributed by atoms with E-state index in [0.29, 0.717) is 17.8 Å². The number of nitrogens with one attached hydrogen (secondary N) is 2. The van der Waals surface area contributed by atoms with Crippen molar-refractivity contribution in [3.05, 3.63) is 65.7 Å². The molecule has 5 nitrogen and oxygen atoms in total. The molecule has 2 amide bonds. The van der Waals surface area contributed by atoms with Crippen LogP contribution in [0.1, 0.15) is 17.5 Å². The Bertz CT molecular complexity index is 721. The predicted molar refractivity (Wildman–Crippen MR) is 87.6 cm³/mol. The van der Waals surface area contributed by atoms with Gasteiger partial charge < -0.3 is 10.6 Å². The Balaban J connectivity index is 1.77. The Labute approximate surface area is 134 Å². The Morgan fingerprint density at radius 1 is 0.957 bits per heavy atom. The number of amides is 2. The molecule has 2 aromatic rings. The lowest BCUT2D eigenvalue weighted by Gasteiger charge is -2.07. The number of hydrogen-bond acceptors (Lipinski definition) is 3. The van der Waals surface area contributed by atoms with E-state index in [4.69, 9.17) is 5.26 Å². The predicted octanol–water partition coefficient (Wildman–Crippen LogP) is 2.25. The van der Waals surface area contributed by atoms with Crippen LogP contribution in [0.3, 0.4) is 0 Å². The SMILES string of the molecule is N#Cc1ccccc1NC(=O)C(=O)NCCCc1ccccc1. The van der Waals surface area contributed by atoms with Crippen molar-refractivity contribution >= 4 is 17.5 Å². The lowest BCUT2D eigenvalue weighted by Crippen LogP contribution is -2.36. The maximum atomic E-state index is 11.8. The summed E-state index contributed by atoms with van der Waals surface area (Å²) in [6, 6.07) is 18.4. The Kier molecular flexibility index (Phi) is 5.89. The van der Waals surface area contributed by atoms with Crippen molar-refractivity contribution in [3.8, 4) is 6.07 Å². The summed E-state index contributed by atoms with van der Waals surface area (Å²) in [5, 5.41) is 14.0. The van der Waals surface area contributed by atoms with Gasteiger partial charge in [-0.25, -0.2) is 0 Å². The van der Waals surface area contributed by atoms with Gasteiger partial charge in [0.05, 0.1) is 11.3 Å². The molecule has 0 saturated carbocycles. The fourth-order valence-electron chi connectivity index (χ4n) is 2.09. The fourth-order valence-corrected chi connectivity index (χ4v) is 2.09. The van der Waals surface area contributed by atoms with Crippen LogP contribution in [-0.4, -0.2) is 18.4 Å². The number of rotatable bonds is 5. The van der Waals surface area contributed by atoms with E-state index in [2.05, 4.69) is 10.6 Å². The summed E-state index contributed by atoms with van der Waals surface area (Å²) in [7, 11) is 0. The van der Waals surface area contributed by atoms with Gasteiger partial charge in [0.15, 0.2) is 0 Å². The van der Waals surface area contributed by atoms with Gasteiger partial charge >= 0.3 is 11.8 Å². The third kappa shape index (κ3) is 4.97. The van der Waals surface area contributed by atoms with Gasteiger partial charge in [0.2, 0.25) is 0 Å². The molecule has 0 spiro atoms. The topological polar surface area (TPSA) is 82.0 Å². The van der Waals surface area contributed by atoms with Crippen molar-refractivity contribution in [1.82, 2.24) is 5.32 Å². The molecule has 2 rings (SSSR count). The second kappa shape index (κ2) is 8.35. The van der Waals surface area contributed by atoms with Crippen molar-refractivity contribution in [3.63, 3.8) is 0 Å². The summed E-state index contributed by atoms with van der Waals surface area (Å²) < 4.78 is 0. The molecule has 0 radical (unpaired) electrons. The van der Waals surface area contributed by atoms with E-state index in [1.165, 1.54) is 5.56 Å². The quantitative estimate of drug-likeness (QED) is 0.656. The highest BCUT2D eigenvalue weighted by molar-refractivity contribution is 6.39. The number of carbonyl (C=O) groups excluding carboxylic acids is 2. The number of aryl methyl sites for hydroxylation is 1. The van der Waals surface area contributed by atoms with E-state index in [1.54, 1.807) is 24.3 Å². The lowest BCUT2D eigenvalue weighted by atomic mass is 10.1. The van der Waals surface area contributed by atoms with E-state index in [-0.39, 0.29) is 0 Å². The maximum absolute atomic E-state index is 11.8. The van der Waals surface area contributed by atoms with Crippen molar-refractivity contribution in [2.24, 2.45) is 0 Å². The van der Waals surface area contributed by atoms with E-state index >= 15 is 0 Å². The molecule has 0 atom stereocenters. The first kappa shape index (κ1) is 16.2. The highest BCUT2D eigenvalue weighted by Gasteiger charge is 2.14. The van der Waals surface area contributed by atoms with E-state index in [1.807, 2.05) is 36.4 Å². The Morgan fingerprint density at radius 2 is 1.65 bits per heavy atom. The zero-order chi connectivity index (χ0) is 16.5. The molecule has 5 heteroatoms. The summed E-state index contributed by atoms with van der Waals surface area (Å²) >= 11 is 0. The third-order valence-corrected chi connectivity index (χ3v) is 3.27. The minimum atomic E-state index is -0.771. The highest BCUT2D eigenvalue weighted by Crippen LogP contribution is 2.13. The number of para-hydroxylation sites is 1. The summed E-state index contributed by atoms with van der Waals surface area (Å²) in [6.07, 6.45) is 1.58. The van der Waals surface area contributed by atoms with Gasteiger partial charge in [0.1, 0.15) is 6.07 Å². The molecule has 0 aliphatic heterocycles. The summed E-state index contributed by atoms with van der Waals surface area (Å²) in [4.78, 5) is 23.6. The average Bonchev–Trinajstić information content (AvgIpc) is 2.60. The summed E-state index contributed by atoms with van der Waals surface area (Å²) in [5.41, 5.74) is 1.84.